The maximum Gasteiger partial charge on any atom is 0.191 e. The van der Waals surface area contributed by atoms with Crippen LogP contribution in [0, 0.1) is 11.8 Å². The Bertz CT molecular complexity index is 505. The molecule has 1 aliphatic carbocycles. The Labute approximate surface area is 162 Å². The molecule has 1 aromatic rings. The van der Waals surface area contributed by atoms with Crippen LogP contribution in [0.1, 0.15) is 44.3 Å². The second-order valence-corrected chi connectivity index (χ2v) is 6.65. The smallest absolute Gasteiger partial charge is 0.191 e. The Kier molecular flexibility index (Phi) is 8.32. The second-order valence-electron chi connectivity index (χ2n) is 6.65. The average Bonchev–Trinajstić information content (AvgIpc) is 3.43. The summed E-state index contributed by atoms with van der Waals surface area (Å²) in [5, 5.41) is 6.89. The first-order valence-corrected chi connectivity index (χ1v) is 9.05. The Morgan fingerprint density at radius 3 is 2.67 bits per heavy atom. The van der Waals surface area contributed by atoms with Gasteiger partial charge in [0, 0.05) is 32.2 Å². The van der Waals surface area contributed by atoms with Gasteiger partial charge in [0.25, 0.3) is 0 Å². The van der Waals surface area contributed by atoms with Gasteiger partial charge in [0.15, 0.2) is 5.96 Å². The summed E-state index contributed by atoms with van der Waals surface area (Å²) in [5.41, 5.74) is 1.29. The highest BCUT2D eigenvalue weighted by Gasteiger charge is 2.27. The van der Waals surface area contributed by atoms with Gasteiger partial charge in [-0.3, -0.25) is 4.99 Å². The maximum absolute atomic E-state index is 6.08. The van der Waals surface area contributed by atoms with Crippen LogP contribution in [0.2, 0.25) is 0 Å². The zero-order valence-corrected chi connectivity index (χ0v) is 16.9. The number of guanidine groups is 1. The SMILES string of the molecule is CCNC(=NCC1CC1)NCC1CCCOC1c1ccccc1.I. The van der Waals surface area contributed by atoms with Crippen molar-refractivity contribution in [3.8, 4) is 0 Å². The molecule has 1 heterocycles. The van der Waals surface area contributed by atoms with Gasteiger partial charge in [0.05, 0.1) is 6.10 Å². The zero-order valence-electron chi connectivity index (χ0n) is 14.5. The van der Waals surface area contributed by atoms with Crippen LogP contribution in [-0.4, -0.2) is 32.2 Å². The third-order valence-electron chi connectivity index (χ3n) is 4.65. The summed E-state index contributed by atoms with van der Waals surface area (Å²) in [5.74, 6) is 2.27. The van der Waals surface area contributed by atoms with Crippen LogP contribution >= 0.6 is 24.0 Å². The topological polar surface area (TPSA) is 45.7 Å². The lowest BCUT2D eigenvalue weighted by Crippen LogP contribution is -2.42. The number of ether oxygens (including phenoxy) is 1. The Balaban J connectivity index is 0.00000208. The van der Waals surface area contributed by atoms with E-state index in [4.69, 9.17) is 9.73 Å². The number of nitrogens with one attached hydrogen (secondary N) is 2. The number of hydrogen-bond acceptors (Lipinski definition) is 2. The van der Waals surface area contributed by atoms with Gasteiger partial charge in [-0.25, -0.2) is 0 Å². The van der Waals surface area contributed by atoms with Crippen molar-refractivity contribution in [1.82, 2.24) is 10.6 Å². The molecule has 0 amide bonds. The fourth-order valence-electron chi connectivity index (χ4n) is 3.15. The van der Waals surface area contributed by atoms with Gasteiger partial charge in [0.1, 0.15) is 0 Å². The minimum Gasteiger partial charge on any atom is -0.373 e. The van der Waals surface area contributed by atoms with E-state index >= 15 is 0 Å². The Hall–Kier alpha value is -0.820. The number of rotatable bonds is 6. The zero-order chi connectivity index (χ0) is 15.9. The monoisotopic (exact) mass is 443 g/mol. The summed E-state index contributed by atoms with van der Waals surface area (Å²) in [7, 11) is 0. The normalized spacial score (nSPS) is 24.1. The fourth-order valence-corrected chi connectivity index (χ4v) is 3.15. The molecule has 0 spiro atoms. The fraction of sp³-hybridized carbons (Fsp3) is 0.632. The molecule has 4 nitrogen and oxygen atoms in total. The predicted octanol–water partition coefficient (Wildman–Crippen LogP) is 3.74. The van der Waals surface area contributed by atoms with Crippen molar-refractivity contribution in [2.24, 2.45) is 16.8 Å². The highest BCUT2D eigenvalue weighted by Crippen LogP contribution is 2.33. The first-order chi connectivity index (χ1) is 11.4. The van der Waals surface area contributed by atoms with Crippen LogP contribution in [0.4, 0.5) is 0 Å². The van der Waals surface area contributed by atoms with Crippen molar-refractivity contribution in [2.45, 2.75) is 38.7 Å². The lowest BCUT2D eigenvalue weighted by atomic mass is 9.89. The summed E-state index contributed by atoms with van der Waals surface area (Å²) in [6.45, 7) is 5.76. The number of benzene rings is 1. The summed E-state index contributed by atoms with van der Waals surface area (Å²) >= 11 is 0. The molecule has 2 N–H and O–H groups in total. The first-order valence-electron chi connectivity index (χ1n) is 9.05. The molecule has 0 radical (unpaired) electrons. The van der Waals surface area contributed by atoms with Gasteiger partial charge in [-0.15, -0.1) is 24.0 Å². The number of aliphatic imine (C=N–C) groups is 1. The summed E-state index contributed by atoms with van der Waals surface area (Å²) in [6.07, 6.45) is 5.23. The first kappa shape index (κ1) is 19.5. The molecule has 0 bridgehead atoms. The summed E-state index contributed by atoms with van der Waals surface area (Å²) < 4.78 is 6.08. The molecule has 1 aliphatic heterocycles. The van der Waals surface area contributed by atoms with Crippen LogP contribution in [0.15, 0.2) is 35.3 Å². The van der Waals surface area contributed by atoms with Crippen molar-refractivity contribution in [3.05, 3.63) is 35.9 Å². The van der Waals surface area contributed by atoms with Gasteiger partial charge >= 0.3 is 0 Å². The molecule has 5 heteroatoms. The van der Waals surface area contributed by atoms with Gasteiger partial charge in [-0.05, 0) is 44.1 Å². The van der Waals surface area contributed by atoms with E-state index in [1.54, 1.807) is 0 Å². The van der Waals surface area contributed by atoms with E-state index in [1.165, 1.54) is 24.8 Å². The second kappa shape index (κ2) is 10.2. The molecule has 0 aromatic heterocycles. The highest BCUT2D eigenvalue weighted by atomic mass is 127. The van der Waals surface area contributed by atoms with Crippen molar-refractivity contribution in [1.29, 1.82) is 0 Å². The minimum atomic E-state index is 0. The van der Waals surface area contributed by atoms with E-state index in [9.17, 15) is 0 Å². The van der Waals surface area contributed by atoms with Gasteiger partial charge in [-0.1, -0.05) is 30.3 Å². The molecule has 2 atom stereocenters. The number of halogens is 1. The highest BCUT2D eigenvalue weighted by molar-refractivity contribution is 14.0. The summed E-state index contributed by atoms with van der Waals surface area (Å²) in [6, 6.07) is 10.6. The largest absolute Gasteiger partial charge is 0.373 e. The molecule has 2 fully saturated rings. The van der Waals surface area contributed by atoms with E-state index in [0.29, 0.717) is 5.92 Å². The van der Waals surface area contributed by atoms with Crippen LogP contribution in [-0.2, 0) is 4.74 Å². The van der Waals surface area contributed by atoms with E-state index in [2.05, 4.69) is 47.9 Å². The van der Waals surface area contributed by atoms with Gasteiger partial charge < -0.3 is 15.4 Å². The molecular weight excluding hydrogens is 413 g/mol. The summed E-state index contributed by atoms with van der Waals surface area (Å²) in [4.78, 5) is 4.71. The molecular formula is C19H30IN3O. The minimum absolute atomic E-state index is 0. The van der Waals surface area contributed by atoms with Crippen molar-refractivity contribution < 1.29 is 4.74 Å². The third kappa shape index (κ3) is 5.92. The molecule has 1 aromatic carbocycles. The van der Waals surface area contributed by atoms with Crippen LogP contribution in [0.5, 0.6) is 0 Å². The molecule has 1 saturated heterocycles. The van der Waals surface area contributed by atoms with Gasteiger partial charge in [0.2, 0.25) is 0 Å². The molecule has 3 rings (SSSR count). The number of hydrogen-bond donors (Lipinski definition) is 2. The van der Waals surface area contributed by atoms with Crippen LogP contribution in [0.25, 0.3) is 0 Å². The molecule has 24 heavy (non-hydrogen) atoms. The predicted molar refractivity (Wildman–Crippen MR) is 110 cm³/mol. The average molecular weight is 443 g/mol. The molecule has 134 valence electrons. The lowest BCUT2D eigenvalue weighted by molar-refractivity contribution is -0.0265. The quantitative estimate of drug-likeness (QED) is 0.400. The number of nitrogens with zero attached hydrogens (tertiary/aromatic N) is 1. The van der Waals surface area contributed by atoms with E-state index in [-0.39, 0.29) is 30.1 Å². The Morgan fingerprint density at radius 1 is 1.17 bits per heavy atom. The van der Waals surface area contributed by atoms with E-state index < -0.39 is 0 Å². The molecule has 2 aliphatic rings. The standard InChI is InChI=1S/C19H29N3O.HI/c1-2-20-19(21-13-15-10-11-15)22-14-17-9-6-12-23-18(17)16-7-4-3-5-8-16;/h3-5,7-8,15,17-18H,2,6,9-14H2,1H3,(H2,20,21,22);1H. The molecule has 2 unspecified atom stereocenters. The van der Waals surface area contributed by atoms with Crippen LogP contribution in [0.3, 0.4) is 0 Å². The lowest BCUT2D eigenvalue weighted by Gasteiger charge is -2.32. The van der Waals surface area contributed by atoms with Crippen molar-refractivity contribution in [3.63, 3.8) is 0 Å². The van der Waals surface area contributed by atoms with Crippen molar-refractivity contribution >= 4 is 29.9 Å². The third-order valence-corrected chi connectivity index (χ3v) is 4.65. The Morgan fingerprint density at radius 2 is 1.96 bits per heavy atom. The molecule has 1 saturated carbocycles. The van der Waals surface area contributed by atoms with Crippen LogP contribution < -0.4 is 10.6 Å². The van der Waals surface area contributed by atoms with E-state index in [1.807, 2.05) is 0 Å². The van der Waals surface area contributed by atoms with Gasteiger partial charge in [-0.2, -0.15) is 0 Å². The maximum atomic E-state index is 6.08. The van der Waals surface area contributed by atoms with E-state index in [0.717, 1.165) is 44.5 Å². The van der Waals surface area contributed by atoms with Crippen molar-refractivity contribution in [2.75, 3.05) is 26.2 Å².